The number of hydrogen-bond donors (Lipinski definition) is 0. The Balaban J connectivity index is 5.04. The molecule has 0 spiro atoms. The maximum atomic E-state index is 12.1. The molecular formula is C5HBrF8. The molecule has 0 aromatic heterocycles. The fraction of sp³-hybridized carbons (Fsp3) is 0.600. The van der Waals surface area contributed by atoms with Gasteiger partial charge in [0, 0.05) is 6.08 Å². The molecule has 0 fully saturated rings. The van der Waals surface area contributed by atoms with Crippen LogP contribution in [-0.4, -0.2) is 18.3 Å². The summed E-state index contributed by atoms with van der Waals surface area (Å²) in [5.74, 6) is -5.54. The van der Waals surface area contributed by atoms with Crippen LogP contribution in [0.2, 0.25) is 0 Å². The third kappa shape index (κ3) is 3.43. The molecule has 9 heteroatoms. The minimum atomic E-state index is -6.06. The Morgan fingerprint density at radius 2 is 1.21 bits per heavy atom. The summed E-state index contributed by atoms with van der Waals surface area (Å²) in [6.45, 7) is 0. The van der Waals surface area contributed by atoms with Crippen molar-refractivity contribution >= 4 is 15.9 Å². The van der Waals surface area contributed by atoms with Gasteiger partial charge in [-0.25, -0.2) is 0 Å². The fourth-order valence-corrected chi connectivity index (χ4v) is 0.854. The normalized spacial score (nSPS) is 15.9. The van der Waals surface area contributed by atoms with Crippen molar-refractivity contribution in [3.05, 3.63) is 10.6 Å². The number of rotatable bonds is 1. The van der Waals surface area contributed by atoms with E-state index in [9.17, 15) is 35.1 Å². The third-order valence-corrected chi connectivity index (χ3v) is 1.67. The molecule has 0 bridgehead atoms. The van der Waals surface area contributed by atoms with Crippen LogP contribution in [0.1, 0.15) is 0 Å². The van der Waals surface area contributed by atoms with Crippen molar-refractivity contribution < 1.29 is 35.1 Å². The predicted molar refractivity (Wildman–Crippen MR) is 34.1 cm³/mol. The lowest BCUT2D eigenvalue weighted by atomic mass is 10.3. The molecule has 14 heavy (non-hydrogen) atoms. The van der Waals surface area contributed by atoms with E-state index in [-0.39, 0.29) is 0 Å². The van der Waals surface area contributed by atoms with Crippen molar-refractivity contribution in [2.45, 2.75) is 18.3 Å². The van der Waals surface area contributed by atoms with Gasteiger partial charge in [-0.2, -0.15) is 35.1 Å². The Bertz CT molecular complexity index is 233. The van der Waals surface area contributed by atoms with Gasteiger partial charge in [-0.3, -0.25) is 0 Å². The van der Waals surface area contributed by atoms with Crippen LogP contribution in [-0.2, 0) is 0 Å². The van der Waals surface area contributed by atoms with Crippen LogP contribution >= 0.6 is 15.9 Å². The highest BCUT2D eigenvalue weighted by Gasteiger charge is 2.60. The minimum Gasteiger partial charge on any atom is -0.190 e. The van der Waals surface area contributed by atoms with E-state index in [1.807, 2.05) is 0 Å². The molecule has 0 radical (unpaired) electrons. The van der Waals surface area contributed by atoms with E-state index in [0.717, 1.165) is 0 Å². The van der Waals surface area contributed by atoms with E-state index in [1.165, 1.54) is 0 Å². The number of halogens is 9. The van der Waals surface area contributed by atoms with E-state index in [0.29, 0.717) is 0 Å². The molecule has 84 valence electrons. The SMILES string of the molecule is FC(F)(F)C=C(Br)C(F)(F)C(F)(F)F. The Labute approximate surface area is 80.7 Å². The van der Waals surface area contributed by atoms with Gasteiger partial charge in [0.1, 0.15) is 0 Å². The molecule has 0 saturated heterocycles. The topological polar surface area (TPSA) is 0 Å². The lowest BCUT2D eigenvalue weighted by Gasteiger charge is -2.19. The van der Waals surface area contributed by atoms with Crippen molar-refractivity contribution in [3.8, 4) is 0 Å². The summed E-state index contributed by atoms with van der Waals surface area (Å²) in [7, 11) is 0. The fourth-order valence-electron chi connectivity index (χ4n) is 0.370. The van der Waals surface area contributed by atoms with Crippen LogP contribution < -0.4 is 0 Å². The summed E-state index contributed by atoms with van der Waals surface area (Å²) < 4.78 is 90.6. The average molecular weight is 293 g/mol. The van der Waals surface area contributed by atoms with Gasteiger partial charge in [-0.15, -0.1) is 0 Å². The van der Waals surface area contributed by atoms with Crippen LogP contribution in [0, 0.1) is 0 Å². The third-order valence-electron chi connectivity index (χ3n) is 0.946. The molecule has 0 amide bonds. The van der Waals surface area contributed by atoms with Crippen LogP contribution in [0.4, 0.5) is 35.1 Å². The van der Waals surface area contributed by atoms with Gasteiger partial charge in [0.2, 0.25) is 0 Å². The van der Waals surface area contributed by atoms with Crippen molar-refractivity contribution in [3.63, 3.8) is 0 Å². The highest BCUT2D eigenvalue weighted by Crippen LogP contribution is 2.44. The first-order valence-corrected chi connectivity index (χ1v) is 3.57. The van der Waals surface area contributed by atoms with Gasteiger partial charge in [-0.05, 0) is 15.9 Å². The van der Waals surface area contributed by atoms with E-state index < -0.39 is 28.8 Å². The maximum absolute atomic E-state index is 12.1. The molecule has 0 nitrogen and oxygen atoms in total. The molecule has 0 aliphatic rings. The molecule has 0 unspecified atom stereocenters. The van der Waals surface area contributed by atoms with Crippen LogP contribution in [0.15, 0.2) is 10.6 Å². The lowest BCUT2D eigenvalue weighted by Crippen LogP contribution is -2.37. The Kier molecular flexibility index (Phi) is 3.58. The molecule has 0 N–H and O–H groups in total. The van der Waals surface area contributed by atoms with Gasteiger partial charge in [0.05, 0.1) is 4.48 Å². The van der Waals surface area contributed by atoms with Crippen molar-refractivity contribution in [2.24, 2.45) is 0 Å². The molecule has 0 aliphatic heterocycles. The zero-order valence-electron chi connectivity index (χ0n) is 5.98. The molecular weight excluding hydrogens is 292 g/mol. The van der Waals surface area contributed by atoms with Gasteiger partial charge in [0.25, 0.3) is 0 Å². The lowest BCUT2D eigenvalue weighted by molar-refractivity contribution is -0.261. The van der Waals surface area contributed by atoms with Crippen molar-refractivity contribution in [1.82, 2.24) is 0 Å². The maximum Gasteiger partial charge on any atom is 0.458 e. The highest BCUT2D eigenvalue weighted by atomic mass is 79.9. The average Bonchev–Trinajstić information content (AvgIpc) is 1.80. The summed E-state index contributed by atoms with van der Waals surface area (Å²) in [5, 5.41) is 0. The van der Waals surface area contributed by atoms with E-state index in [2.05, 4.69) is 0 Å². The summed E-state index contributed by atoms with van der Waals surface area (Å²) >= 11 is 1.54. The first-order valence-electron chi connectivity index (χ1n) is 2.78. The number of allylic oxidation sites excluding steroid dienone is 2. The van der Waals surface area contributed by atoms with Crippen LogP contribution in [0.5, 0.6) is 0 Å². The van der Waals surface area contributed by atoms with Crippen molar-refractivity contribution in [2.75, 3.05) is 0 Å². The summed E-state index contributed by atoms with van der Waals surface area (Å²) in [4.78, 5) is 0. The van der Waals surface area contributed by atoms with Gasteiger partial charge in [-0.1, -0.05) is 0 Å². The van der Waals surface area contributed by atoms with Gasteiger partial charge >= 0.3 is 18.3 Å². The Hall–Kier alpha value is -0.340. The summed E-state index contributed by atoms with van der Waals surface area (Å²) in [6, 6.07) is 0. The molecule has 0 heterocycles. The second-order valence-electron chi connectivity index (χ2n) is 2.11. The highest BCUT2D eigenvalue weighted by molar-refractivity contribution is 9.11. The minimum absolute atomic E-state index is 1.15. The summed E-state index contributed by atoms with van der Waals surface area (Å²) in [6.07, 6.45) is -12.5. The Morgan fingerprint density at radius 3 is 1.43 bits per heavy atom. The predicted octanol–water partition coefficient (Wildman–Crippen LogP) is 4.03. The van der Waals surface area contributed by atoms with Crippen molar-refractivity contribution in [1.29, 1.82) is 0 Å². The van der Waals surface area contributed by atoms with E-state index >= 15 is 0 Å². The molecule has 0 aromatic carbocycles. The Morgan fingerprint density at radius 1 is 0.857 bits per heavy atom. The van der Waals surface area contributed by atoms with Gasteiger partial charge < -0.3 is 0 Å². The molecule has 0 saturated carbocycles. The molecule has 0 atom stereocenters. The summed E-state index contributed by atoms with van der Waals surface area (Å²) in [5.41, 5.74) is 0. The van der Waals surface area contributed by atoms with Gasteiger partial charge in [0.15, 0.2) is 0 Å². The zero-order valence-corrected chi connectivity index (χ0v) is 7.57. The van der Waals surface area contributed by atoms with E-state index in [4.69, 9.17) is 0 Å². The van der Waals surface area contributed by atoms with Crippen LogP contribution in [0.25, 0.3) is 0 Å². The zero-order chi connectivity index (χ0) is 11.8. The monoisotopic (exact) mass is 292 g/mol. The van der Waals surface area contributed by atoms with Crippen LogP contribution in [0.3, 0.4) is 0 Å². The standard InChI is InChI=1S/C5HBrF8/c6-2(1-3(7,8)9)4(10,11)5(12,13)14/h1H. The smallest absolute Gasteiger partial charge is 0.190 e. The molecule has 0 rings (SSSR count). The number of hydrogen-bond acceptors (Lipinski definition) is 0. The molecule has 0 aromatic rings. The van der Waals surface area contributed by atoms with E-state index in [1.54, 1.807) is 15.9 Å². The second-order valence-corrected chi connectivity index (χ2v) is 2.96. The first-order chi connectivity index (χ1) is 5.88. The first kappa shape index (κ1) is 13.7. The quantitative estimate of drug-likeness (QED) is 0.640. The number of alkyl halides is 8. The second kappa shape index (κ2) is 3.67. The molecule has 0 aliphatic carbocycles. The largest absolute Gasteiger partial charge is 0.458 e.